The molecule has 0 spiro atoms. The van der Waals surface area contributed by atoms with Crippen LogP contribution in [0.5, 0.6) is 5.75 Å². The molecular weight excluding hydrogens is 232 g/mol. The third-order valence-electron chi connectivity index (χ3n) is 2.85. The molecule has 3 rings (SSSR count). The topological polar surface area (TPSA) is 79.1 Å². The van der Waals surface area contributed by atoms with Crippen molar-refractivity contribution >= 4 is 16.8 Å². The Morgan fingerprint density at radius 3 is 2.89 bits per heavy atom. The lowest BCUT2D eigenvalue weighted by molar-refractivity contribution is 0.419. The van der Waals surface area contributed by atoms with Gasteiger partial charge in [-0.3, -0.25) is 4.68 Å². The van der Waals surface area contributed by atoms with Gasteiger partial charge in [-0.1, -0.05) is 5.16 Å². The second-order valence-electron chi connectivity index (χ2n) is 3.99. The number of hydrogen-bond donors (Lipinski definition) is 1. The number of nitrogen functional groups attached to an aromatic ring is 1. The number of fused-ring (bicyclic) bond motifs is 1. The van der Waals surface area contributed by atoms with Gasteiger partial charge in [0.25, 0.3) is 0 Å². The van der Waals surface area contributed by atoms with Crippen molar-refractivity contribution in [2.24, 2.45) is 7.05 Å². The molecule has 0 aliphatic carbocycles. The lowest BCUT2D eigenvalue weighted by Gasteiger charge is -2.03. The Balaban J connectivity index is 2.32. The van der Waals surface area contributed by atoms with E-state index >= 15 is 0 Å². The molecule has 92 valence electrons. The number of benzene rings is 1. The third kappa shape index (κ3) is 1.42. The number of anilines is 1. The van der Waals surface area contributed by atoms with Crippen LogP contribution in [-0.2, 0) is 7.05 Å². The monoisotopic (exact) mass is 244 g/mol. The van der Waals surface area contributed by atoms with Gasteiger partial charge in [0.1, 0.15) is 11.1 Å². The minimum atomic E-state index is 0.326. The van der Waals surface area contributed by atoms with E-state index in [1.54, 1.807) is 18.0 Å². The van der Waals surface area contributed by atoms with E-state index in [0.717, 1.165) is 11.1 Å². The minimum absolute atomic E-state index is 0.326. The van der Waals surface area contributed by atoms with Crippen LogP contribution >= 0.6 is 0 Å². The quantitative estimate of drug-likeness (QED) is 0.743. The Kier molecular flexibility index (Phi) is 2.22. The van der Waals surface area contributed by atoms with Gasteiger partial charge in [0.15, 0.2) is 11.4 Å². The molecule has 2 N–H and O–H groups in total. The van der Waals surface area contributed by atoms with E-state index in [9.17, 15) is 0 Å². The maximum Gasteiger partial charge on any atom is 0.180 e. The molecule has 6 nitrogen and oxygen atoms in total. The summed E-state index contributed by atoms with van der Waals surface area (Å²) in [5.74, 6) is 0.976. The summed E-state index contributed by atoms with van der Waals surface area (Å²) in [4.78, 5) is 0. The summed E-state index contributed by atoms with van der Waals surface area (Å²) in [6, 6.07) is 3.75. The first-order valence-corrected chi connectivity index (χ1v) is 5.41. The highest BCUT2D eigenvalue weighted by Crippen LogP contribution is 2.37. The van der Waals surface area contributed by atoms with Gasteiger partial charge in [0.05, 0.1) is 13.3 Å². The summed E-state index contributed by atoms with van der Waals surface area (Å²) < 4.78 is 12.3. The molecule has 0 aliphatic rings. The fraction of sp³-hybridized carbons (Fsp3) is 0.167. The Morgan fingerprint density at radius 1 is 1.39 bits per heavy atom. The molecule has 0 saturated heterocycles. The van der Waals surface area contributed by atoms with Gasteiger partial charge in [-0.25, -0.2) is 0 Å². The Morgan fingerprint density at radius 2 is 2.22 bits per heavy atom. The first-order valence-electron chi connectivity index (χ1n) is 5.41. The van der Waals surface area contributed by atoms with E-state index in [-0.39, 0.29) is 0 Å². The van der Waals surface area contributed by atoms with E-state index in [4.69, 9.17) is 15.0 Å². The van der Waals surface area contributed by atoms with Crippen molar-refractivity contribution in [1.29, 1.82) is 0 Å². The van der Waals surface area contributed by atoms with E-state index in [0.29, 0.717) is 22.5 Å². The summed E-state index contributed by atoms with van der Waals surface area (Å²) in [6.07, 6.45) is 3.67. The first kappa shape index (κ1) is 10.6. The molecule has 0 atom stereocenters. The summed E-state index contributed by atoms with van der Waals surface area (Å²) >= 11 is 0. The largest absolute Gasteiger partial charge is 0.496 e. The van der Waals surface area contributed by atoms with Gasteiger partial charge in [0, 0.05) is 24.4 Å². The van der Waals surface area contributed by atoms with E-state index in [1.807, 2.05) is 25.4 Å². The number of aromatic nitrogens is 3. The van der Waals surface area contributed by atoms with Crippen LogP contribution in [-0.4, -0.2) is 22.0 Å². The molecule has 6 heteroatoms. The zero-order chi connectivity index (χ0) is 12.7. The van der Waals surface area contributed by atoms with Crippen LogP contribution in [0, 0.1) is 0 Å². The molecular formula is C12H12N4O2. The number of nitrogens with zero attached hydrogens (tertiary/aromatic N) is 3. The smallest absolute Gasteiger partial charge is 0.180 e. The molecule has 0 fully saturated rings. The number of hydrogen-bond acceptors (Lipinski definition) is 5. The number of ether oxygens (including phenoxy) is 1. The second kappa shape index (κ2) is 3.76. The standard InChI is InChI=1S/C12H12N4O2/c1-16-6-7(5-14-16)8-3-4-9(17-2)10-11(8)18-15-12(10)13/h3-6H,1-2H3,(H2,13,15). The lowest BCUT2D eigenvalue weighted by Crippen LogP contribution is -1.89. The maximum atomic E-state index is 5.80. The van der Waals surface area contributed by atoms with Gasteiger partial charge in [0.2, 0.25) is 0 Å². The van der Waals surface area contributed by atoms with Crippen molar-refractivity contribution in [3.05, 3.63) is 24.5 Å². The van der Waals surface area contributed by atoms with Crippen molar-refractivity contribution in [3.8, 4) is 16.9 Å². The Hall–Kier alpha value is -2.50. The van der Waals surface area contributed by atoms with Crippen molar-refractivity contribution in [2.45, 2.75) is 0 Å². The van der Waals surface area contributed by atoms with Crippen LogP contribution in [0.3, 0.4) is 0 Å². The molecule has 0 saturated carbocycles. The number of nitrogens with two attached hydrogens (primary N) is 1. The van der Waals surface area contributed by atoms with Gasteiger partial charge in [-0.05, 0) is 12.1 Å². The lowest BCUT2D eigenvalue weighted by atomic mass is 10.1. The highest BCUT2D eigenvalue weighted by atomic mass is 16.5. The molecule has 2 aromatic heterocycles. The average molecular weight is 244 g/mol. The fourth-order valence-corrected chi connectivity index (χ4v) is 2.00. The SMILES string of the molecule is COc1ccc(-c2cnn(C)c2)c2onc(N)c12. The predicted octanol–water partition coefficient (Wildman–Crippen LogP) is 1.82. The maximum absolute atomic E-state index is 5.80. The molecule has 3 aromatic rings. The van der Waals surface area contributed by atoms with Crippen molar-refractivity contribution in [3.63, 3.8) is 0 Å². The van der Waals surface area contributed by atoms with Crippen molar-refractivity contribution < 1.29 is 9.26 Å². The van der Waals surface area contributed by atoms with Crippen LogP contribution in [0.25, 0.3) is 22.1 Å². The molecule has 0 bridgehead atoms. The van der Waals surface area contributed by atoms with Crippen LogP contribution in [0.1, 0.15) is 0 Å². The zero-order valence-corrected chi connectivity index (χ0v) is 10.0. The number of rotatable bonds is 2. The van der Waals surface area contributed by atoms with E-state index in [1.165, 1.54) is 0 Å². The van der Waals surface area contributed by atoms with E-state index < -0.39 is 0 Å². The minimum Gasteiger partial charge on any atom is -0.496 e. The van der Waals surface area contributed by atoms with Gasteiger partial charge in [-0.2, -0.15) is 5.10 Å². The molecule has 0 amide bonds. The van der Waals surface area contributed by atoms with Gasteiger partial charge >= 0.3 is 0 Å². The van der Waals surface area contributed by atoms with Crippen LogP contribution < -0.4 is 10.5 Å². The molecule has 0 aliphatic heterocycles. The molecule has 0 radical (unpaired) electrons. The summed E-state index contributed by atoms with van der Waals surface area (Å²) in [5, 5.41) is 8.63. The normalized spacial score (nSPS) is 11.0. The van der Waals surface area contributed by atoms with Crippen LogP contribution in [0.2, 0.25) is 0 Å². The van der Waals surface area contributed by atoms with Crippen molar-refractivity contribution in [2.75, 3.05) is 12.8 Å². The van der Waals surface area contributed by atoms with Crippen LogP contribution in [0.4, 0.5) is 5.82 Å². The highest BCUT2D eigenvalue weighted by Gasteiger charge is 2.16. The Labute approximate surface area is 103 Å². The molecule has 18 heavy (non-hydrogen) atoms. The Bertz CT molecular complexity index is 714. The van der Waals surface area contributed by atoms with Gasteiger partial charge in [-0.15, -0.1) is 0 Å². The summed E-state index contributed by atoms with van der Waals surface area (Å²) in [5.41, 5.74) is 8.25. The van der Waals surface area contributed by atoms with Crippen LogP contribution in [0.15, 0.2) is 29.0 Å². The molecule has 0 unspecified atom stereocenters. The van der Waals surface area contributed by atoms with Crippen molar-refractivity contribution in [1.82, 2.24) is 14.9 Å². The first-order chi connectivity index (χ1) is 8.70. The van der Waals surface area contributed by atoms with E-state index in [2.05, 4.69) is 10.3 Å². The predicted molar refractivity (Wildman–Crippen MR) is 67.2 cm³/mol. The molecule has 2 heterocycles. The third-order valence-corrected chi connectivity index (χ3v) is 2.85. The number of methoxy groups -OCH3 is 1. The average Bonchev–Trinajstić information content (AvgIpc) is 2.96. The van der Waals surface area contributed by atoms with Gasteiger partial charge < -0.3 is 15.0 Å². The second-order valence-corrected chi connectivity index (χ2v) is 3.99. The summed E-state index contributed by atoms with van der Waals surface area (Å²) in [6.45, 7) is 0. The molecule has 1 aromatic carbocycles. The zero-order valence-electron chi connectivity index (χ0n) is 10.0. The fourth-order valence-electron chi connectivity index (χ4n) is 2.00. The highest BCUT2D eigenvalue weighted by molar-refractivity contribution is 6.01. The number of aryl methyl sites for hydroxylation is 1. The summed E-state index contributed by atoms with van der Waals surface area (Å²) in [7, 11) is 3.45.